The van der Waals surface area contributed by atoms with Crippen LogP contribution in [0.2, 0.25) is 0 Å². The molecule has 1 aliphatic heterocycles. The third-order valence-corrected chi connectivity index (χ3v) is 4.93. The molecule has 2 atom stereocenters. The normalized spacial score (nSPS) is 28.1. The van der Waals surface area contributed by atoms with Crippen molar-refractivity contribution in [2.75, 3.05) is 18.5 Å². The monoisotopic (exact) mass is 301 g/mol. The fraction of sp³-hybridized carbons (Fsp3) is 0.647. The molecular weight excluding hydrogens is 278 g/mol. The molecule has 5 heteroatoms. The van der Waals surface area contributed by atoms with Crippen LogP contribution in [0.3, 0.4) is 0 Å². The van der Waals surface area contributed by atoms with Crippen LogP contribution in [0.5, 0.6) is 0 Å². The molecule has 0 bridgehead atoms. The molecule has 2 heterocycles. The Morgan fingerprint density at radius 2 is 2.09 bits per heavy atom. The van der Waals surface area contributed by atoms with Crippen LogP contribution in [0.15, 0.2) is 18.3 Å². The SMILES string of the molecule is O=C(c1ccc(NC2CC2)nc1)N1CCO[C@H]2CCCC[C@H]21. The minimum atomic E-state index is 0.102. The molecule has 1 aromatic rings. The van der Waals surface area contributed by atoms with Gasteiger partial charge in [0.2, 0.25) is 0 Å². The molecule has 0 spiro atoms. The number of nitrogens with zero attached hydrogens (tertiary/aromatic N) is 2. The van der Waals surface area contributed by atoms with Crippen LogP contribution in [0, 0.1) is 0 Å². The second kappa shape index (κ2) is 5.88. The maximum atomic E-state index is 12.8. The topological polar surface area (TPSA) is 54.5 Å². The molecule has 3 aliphatic rings. The number of anilines is 1. The number of carbonyl (C=O) groups excluding carboxylic acids is 1. The van der Waals surface area contributed by atoms with E-state index in [1.165, 1.54) is 25.7 Å². The predicted molar refractivity (Wildman–Crippen MR) is 83.9 cm³/mol. The third-order valence-electron chi connectivity index (χ3n) is 4.93. The fourth-order valence-electron chi connectivity index (χ4n) is 3.56. The van der Waals surface area contributed by atoms with Gasteiger partial charge in [-0.25, -0.2) is 4.98 Å². The highest BCUT2D eigenvalue weighted by atomic mass is 16.5. The van der Waals surface area contributed by atoms with E-state index < -0.39 is 0 Å². The molecule has 1 aromatic heterocycles. The fourth-order valence-corrected chi connectivity index (χ4v) is 3.56. The highest BCUT2D eigenvalue weighted by molar-refractivity contribution is 5.94. The van der Waals surface area contributed by atoms with E-state index in [1.54, 1.807) is 6.20 Å². The Kier molecular flexibility index (Phi) is 3.74. The van der Waals surface area contributed by atoms with Gasteiger partial charge in [0.05, 0.1) is 24.3 Å². The quantitative estimate of drug-likeness (QED) is 0.931. The number of fused-ring (bicyclic) bond motifs is 1. The molecule has 0 aromatic carbocycles. The molecule has 5 nitrogen and oxygen atoms in total. The first-order valence-electron chi connectivity index (χ1n) is 8.46. The Bertz CT molecular complexity index is 539. The summed E-state index contributed by atoms with van der Waals surface area (Å²) < 4.78 is 5.85. The Morgan fingerprint density at radius 3 is 2.86 bits per heavy atom. The average molecular weight is 301 g/mol. The van der Waals surface area contributed by atoms with Gasteiger partial charge < -0.3 is 15.0 Å². The van der Waals surface area contributed by atoms with Crippen LogP contribution < -0.4 is 5.32 Å². The molecule has 2 saturated carbocycles. The number of aromatic nitrogens is 1. The predicted octanol–water partition coefficient (Wildman–Crippen LogP) is 2.44. The van der Waals surface area contributed by atoms with Gasteiger partial charge in [-0.2, -0.15) is 0 Å². The molecule has 0 radical (unpaired) electrons. The lowest BCUT2D eigenvalue weighted by Crippen LogP contribution is -2.54. The van der Waals surface area contributed by atoms with Gasteiger partial charge >= 0.3 is 0 Å². The Balaban J connectivity index is 1.47. The highest BCUT2D eigenvalue weighted by Crippen LogP contribution is 2.29. The van der Waals surface area contributed by atoms with Gasteiger partial charge in [0, 0.05) is 18.8 Å². The Morgan fingerprint density at radius 1 is 1.23 bits per heavy atom. The van der Waals surface area contributed by atoms with Crippen molar-refractivity contribution in [3.05, 3.63) is 23.9 Å². The Labute approximate surface area is 131 Å². The maximum absolute atomic E-state index is 12.8. The van der Waals surface area contributed by atoms with E-state index in [1.807, 2.05) is 17.0 Å². The van der Waals surface area contributed by atoms with Crippen LogP contribution in [0.4, 0.5) is 5.82 Å². The molecule has 2 aliphatic carbocycles. The van der Waals surface area contributed by atoms with Crippen molar-refractivity contribution in [3.8, 4) is 0 Å². The third kappa shape index (κ3) is 2.82. The summed E-state index contributed by atoms with van der Waals surface area (Å²) in [7, 11) is 0. The number of hydrogen-bond donors (Lipinski definition) is 1. The van der Waals surface area contributed by atoms with Gasteiger partial charge in [-0.1, -0.05) is 12.8 Å². The van der Waals surface area contributed by atoms with Gasteiger partial charge in [-0.05, 0) is 37.8 Å². The summed E-state index contributed by atoms with van der Waals surface area (Å²) in [6.45, 7) is 1.35. The summed E-state index contributed by atoms with van der Waals surface area (Å²) >= 11 is 0. The summed E-state index contributed by atoms with van der Waals surface area (Å²) in [6.07, 6.45) is 8.93. The molecule has 1 amide bonds. The van der Waals surface area contributed by atoms with Crippen molar-refractivity contribution in [3.63, 3.8) is 0 Å². The van der Waals surface area contributed by atoms with E-state index in [4.69, 9.17) is 4.74 Å². The second-order valence-corrected chi connectivity index (χ2v) is 6.61. The lowest BCUT2D eigenvalue weighted by atomic mass is 9.90. The van der Waals surface area contributed by atoms with E-state index in [0.29, 0.717) is 24.8 Å². The zero-order valence-electron chi connectivity index (χ0n) is 12.8. The van der Waals surface area contributed by atoms with Gasteiger partial charge in [-0.15, -0.1) is 0 Å². The van der Waals surface area contributed by atoms with Gasteiger partial charge in [-0.3, -0.25) is 4.79 Å². The molecular formula is C17H23N3O2. The first-order valence-corrected chi connectivity index (χ1v) is 8.46. The lowest BCUT2D eigenvalue weighted by molar-refractivity contribution is -0.0752. The summed E-state index contributed by atoms with van der Waals surface area (Å²) in [5.74, 6) is 0.974. The van der Waals surface area contributed by atoms with Crippen molar-refractivity contribution < 1.29 is 9.53 Å². The zero-order chi connectivity index (χ0) is 14.9. The molecule has 22 heavy (non-hydrogen) atoms. The molecule has 4 rings (SSSR count). The number of morpholine rings is 1. The van der Waals surface area contributed by atoms with Crippen molar-refractivity contribution in [2.45, 2.75) is 56.7 Å². The molecule has 1 saturated heterocycles. The van der Waals surface area contributed by atoms with E-state index in [2.05, 4.69) is 10.3 Å². The van der Waals surface area contributed by atoms with E-state index in [-0.39, 0.29) is 18.1 Å². The van der Waals surface area contributed by atoms with Gasteiger partial charge in [0.15, 0.2) is 0 Å². The van der Waals surface area contributed by atoms with E-state index >= 15 is 0 Å². The number of nitrogens with one attached hydrogen (secondary N) is 1. The average Bonchev–Trinajstić information content (AvgIpc) is 3.38. The minimum Gasteiger partial charge on any atom is -0.374 e. The summed E-state index contributed by atoms with van der Waals surface area (Å²) in [5, 5.41) is 3.35. The smallest absolute Gasteiger partial charge is 0.255 e. The van der Waals surface area contributed by atoms with Crippen LogP contribution in [0.25, 0.3) is 0 Å². The molecule has 118 valence electrons. The largest absolute Gasteiger partial charge is 0.374 e. The highest BCUT2D eigenvalue weighted by Gasteiger charge is 2.37. The van der Waals surface area contributed by atoms with Crippen LogP contribution in [-0.2, 0) is 4.74 Å². The van der Waals surface area contributed by atoms with E-state index in [0.717, 1.165) is 18.7 Å². The summed E-state index contributed by atoms with van der Waals surface area (Å²) in [6, 6.07) is 4.65. The van der Waals surface area contributed by atoms with Crippen molar-refractivity contribution in [2.24, 2.45) is 0 Å². The zero-order valence-corrected chi connectivity index (χ0v) is 12.8. The van der Waals surface area contributed by atoms with Gasteiger partial charge in [0.25, 0.3) is 5.91 Å². The second-order valence-electron chi connectivity index (χ2n) is 6.61. The minimum absolute atomic E-state index is 0.102. The number of carbonyl (C=O) groups is 1. The standard InChI is InChI=1S/C17H23N3O2/c21-17(12-5-8-16(18-11-12)19-13-6-7-13)20-9-10-22-15-4-2-1-3-14(15)20/h5,8,11,13-15H,1-4,6-7,9-10H2,(H,18,19)/t14-,15+/m1/s1. The molecule has 1 N–H and O–H groups in total. The number of pyridine rings is 1. The van der Waals surface area contributed by atoms with Gasteiger partial charge in [0.1, 0.15) is 5.82 Å². The maximum Gasteiger partial charge on any atom is 0.255 e. The van der Waals surface area contributed by atoms with Crippen molar-refractivity contribution >= 4 is 11.7 Å². The van der Waals surface area contributed by atoms with Crippen molar-refractivity contribution in [1.82, 2.24) is 9.88 Å². The summed E-state index contributed by atoms with van der Waals surface area (Å²) in [5.41, 5.74) is 0.688. The van der Waals surface area contributed by atoms with Crippen LogP contribution >= 0.6 is 0 Å². The van der Waals surface area contributed by atoms with Crippen molar-refractivity contribution in [1.29, 1.82) is 0 Å². The Hall–Kier alpha value is -1.62. The first-order chi connectivity index (χ1) is 10.8. The van der Waals surface area contributed by atoms with Crippen LogP contribution in [-0.4, -0.2) is 47.1 Å². The summed E-state index contributed by atoms with van der Waals surface area (Å²) in [4.78, 5) is 19.2. The van der Waals surface area contributed by atoms with Crippen LogP contribution in [0.1, 0.15) is 48.9 Å². The van der Waals surface area contributed by atoms with E-state index in [9.17, 15) is 4.79 Å². The lowest BCUT2D eigenvalue weighted by Gasteiger charge is -2.43. The molecule has 0 unspecified atom stereocenters. The number of ether oxygens (including phenoxy) is 1. The molecule has 3 fully saturated rings. The first kappa shape index (κ1) is 14.0. The number of amides is 1. The number of rotatable bonds is 3. The number of hydrogen-bond acceptors (Lipinski definition) is 4.